The lowest BCUT2D eigenvalue weighted by Crippen LogP contribution is -2.22. The Balaban J connectivity index is 3.49. The van der Waals surface area contributed by atoms with Crippen LogP contribution in [0.3, 0.4) is 0 Å². The Morgan fingerprint density at radius 3 is 1.65 bits per heavy atom. The van der Waals surface area contributed by atoms with E-state index in [1.165, 1.54) is 19.2 Å². The zero-order valence-corrected chi connectivity index (χ0v) is 10.1. The monoisotopic (exact) mass is 303 g/mol. The van der Waals surface area contributed by atoms with Crippen molar-refractivity contribution in [2.45, 2.75) is 20.0 Å². The third-order valence-electron chi connectivity index (χ3n) is 2.32. The Kier molecular flexibility index (Phi) is 4.30. The van der Waals surface area contributed by atoms with Crippen LogP contribution in [0.1, 0.15) is 19.4 Å². The second kappa shape index (κ2) is 5.29. The van der Waals surface area contributed by atoms with E-state index in [1.807, 2.05) is 0 Å². The summed E-state index contributed by atoms with van der Waals surface area (Å²) >= 11 is 0. The lowest BCUT2D eigenvalue weighted by Gasteiger charge is -2.15. The number of alkyl halides is 3. The van der Waals surface area contributed by atoms with Crippen LogP contribution in [-0.2, 0) is 11.0 Å². The summed E-state index contributed by atoms with van der Waals surface area (Å²) in [5, 5.41) is 1.50. The van der Waals surface area contributed by atoms with Gasteiger partial charge in [0.05, 0.1) is 0 Å². The molecule has 0 atom stereocenters. The normalized spacial score (nSPS) is 11.9. The van der Waals surface area contributed by atoms with Crippen LogP contribution < -0.4 is 5.32 Å². The molecule has 20 heavy (non-hydrogen) atoms. The number of carbonyl (C=O) groups is 1. The number of halogens is 7. The summed E-state index contributed by atoms with van der Waals surface area (Å²) in [4.78, 5) is 11.2. The van der Waals surface area contributed by atoms with E-state index in [-0.39, 0.29) is 0 Å². The second-order valence-corrected chi connectivity index (χ2v) is 4.15. The molecule has 0 saturated heterocycles. The highest BCUT2D eigenvalue weighted by Crippen LogP contribution is 2.38. The summed E-state index contributed by atoms with van der Waals surface area (Å²) < 4.78 is 90.0. The maximum Gasteiger partial charge on any atom is 0.422 e. The maximum absolute atomic E-state index is 13.4. The van der Waals surface area contributed by atoms with Gasteiger partial charge >= 0.3 is 6.18 Å². The lowest BCUT2D eigenvalue weighted by atomic mass is 10.1. The smallest absolute Gasteiger partial charge is 0.321 e. The predicted molar refractivity (Wildman–Crippen MR) is 54.7 cm³/mol. The molecule has 1 amide bonds. The number of rotatable bonds is 2. The van der Waals surface area contributed by atoms with Crippen LogP contribution in [0.15, 0.2) is 0 Å². The van der Waals surface area contributed by atoms with Gasteiger partial charge in [-0.1, -0.05) is 13.8 Å². The molecule has 0 bridgehead atoms. The Bertz CT molecular complexity index is 522. The standard InChI is InChI=1S/C11H8F7NO/c1-3(2)10(20)19-9-7(14)5(12)4(11(16,17)18)6(13)8(9)15/h3H,1-2H3,(H,19,20). The summed E-state index contributed by atoms with van der Waals surface area (Å²) in [6, 6.07) is 0. The molecule has 0 heterocycles. The van der Waals surface area contributed by atoms with E-state index in [1.54, 1.807) is 0 Å². The quantitative estimate of drug-likeness (QED) is 0.652. The van der Waals surface area contributed by atoms with Crippen molar-refractivity contribution in [1.82, 2.24) is 0 Å². The van der Waals surface area contributed by atoms with Gasteiger partial charge in [0.2, 0.25) is 5.91 Å². The van der Waals surface area contributed by atoms with E-state index in [0.717, 1.165) is 0 Å². The van der Waals surface area contributed by atoms with Crippen LogP contribution in [0.5, 0.6) is 0 Å². The van der Waals surface area contributed by atoms with Gasteiger partial charge in [0.25, 0.3) is 0 Å². The zero-order valence-electron chi connectivity index (χ0n) is 10.1. The van der Waals surface area contributed by atoms with Crippen LogP contribution in [0.4, 0.5) is 36.4 Å². The van der Waals surface area contributed by atoms with Crippen LogP contribution in [0.25, 0.3) is 0 Å². The average Bonchev–Trinajstić information content (AvgIpc) is 2.30. The number of amides is 1. The van der Waals surface area contributed by atoms with E-state index in [9.17, 15) is 35.5 Å². The molecule has 0 unspecified atom stereocenters. The first kappa shape index (κ1) is 16.3. The highest BCUT2D eigenvalue weighted by atomic mass is 19.4. The molecule has 0 aliphatic carbocycles. The van der Waals surface area contributed by atoms with Gasteiger partial charge in [-0.15, -0.1) is 0 Å². The number of nitrogens with one attached hydrogen (secondary N) is 1. The number of carbonyl (C=O) groups excluding carboxylic acids is 1. The first-order valence-corrected chi connectivity index (χ1v) is 5.22. The van der Waals surface area contributed by atoms with Crippen LogP contribution in [-0.4, -0.2) is 5.91 Å². The van der Waals surface area contributed by atoms with Gasteiger partial charge in [-0.25, -0.2) is 17.6 Å². The molecule has 0 saturated carbocycles. The largest absolute Gasteiger partial charge is 0.422 e. The van der Waals surface area contributed by atoms with Gasteiger partial charge in [0.1, 0.15) is 11.3 Å². The number of benzene rings is 1. The van der Waals surface area contributed by atoms with Crippen LogP contribution >= 0.6 is 0 Å². The van der Waals surface area contributed by atoms with E-state index in [2.05, 4.69) is 0 Å². The minimum Gasteiger partial charge on any atom is -0.321 e. The maximum atomic E-state index is 13.4. The molecule has 0 spiro atoms. The molecule has 1 aromatic carbocycles. The van der Waals surface area contributed by atoms with Gasteiger partial charge in [0.15, 0.2) is 23.3 Å². The molecule has 0 radical (unpaired) electrons. The fourth-order valence-corrected chi connectivity index (χ4v) is 1.26. The Labute approximate surface area is 108 Å². The molecule has 1 N–H and O–H groups in total. The van der Waals surface area contributed by atoms with Crippen molar-refractivity contribution in [3.05, 3.63) is 28.8 Å². The Morgan fingerprint density at radius 1 is 0.950 bits per heavy atom. The van der Waals surface area contributed by atoms with Gasteiger partial charge in [-0.3, -0.25) is 4.79 Å². The van der Waals surface area contributed by atoms with E-state index in [0.29, 0.717) is 0 Å². The minimum atomic E-state index is -5.61. The molecule has 2 nitrogen and oxygen atoms in total. The number of hydrogen-bond donors (Lipinski definition) is 1. The highest BCUT2D eigenvalue weighted by molar-refractivity contribution is 5.92. The van der Waals surface area contributed by atoms with Crippen LogP contribution in [0.2, 0.25) is 0 Å². The van der Waals surface area contributed by atoms with Gasteiger partial charge in [0, 0.05) is 5.92 Å². The number of anilines is 1. The van der Waals surface area contributed by atoms with Gasteiger partial charge in [-0.2, -0.15) is 13.2 Å². The molecule has 0 aliphatic rings. The van der Waals surface area contributed by atoms with E-state index < -0.39 is 52.5 Å². The molecule has 0 fully saturated rings. The van der Waals surface area contributed by atoms with Crippen molar-refractivity contribution in [1.29, 1.82) is 0 Å². The Morgan fingerprint density at radius 2 is 1.35 bits per heavy atom. The summed E-state index contributed by atoms with van der Waals surface area (Å²) in [5.74, 6) is -11.7. The molecule has 1 rings (SSSR count). The van der Waals surface area contributed by atoms with Gasteiger partial charge in [-0.05, 0) is 0 Å². The van der Waals surface area contributed by atoms with E-state index >= 15 is 0 Å². The summed E-state index contributed by atoms with van der Waals surface area (Å²) in [5.41, 5.74) is -4.28. The topological polar surface area (TPSA) is 29.1 Å². The average molecular weight is 303 g/mol. The van der Waals surface area contributed by atoms with Gasteiger partial charge < -0.3 is 5.32 Å². The third-order valence-corrected chi connectivity index (χ3v) is 2.32. The third kappa shape index (κ3) is 2.86. The van der Waals surface area contributed by atoms with Crippen molar-refractivity contribution in [2.75, 3.05) is 5.32 Å². The summed E-state index contributed by atoms with van der Waals surface area (Å²) in [6.07, 6.45) is -5.61. The zero-order chi connectivity index (χ0) is 15.8. The summed E-state index contributed by atoms with van der Waals surface area (Å²) in [6.45, 7) is 2.61. The first-order valence-electron chi connectivity index (χ1n) is 5.22. The van der Waals surface area contributed by atoms with Crippen molar-refractivity contribution in [3.63, 3.8) is 0 Å². The van der Waals surface area contributed by atoms with Crippen molar-refractivity contribution in [3.8, 4) is 0 Å². The van der Waals surface area contributed by atoms with Crippen molar-refractivity contribution in [2.24, 2.45) is 5.92 Å². The molecular formula is C11H8F7NO. The Hall–Kier alpha value is -1.80. The molecule has 0 aromatic heterocycles. The molecule has 9 heteroatoms. The fraction of sp³-hybridized carbons (Fsp3) is 0.364. The van der Waals surface area contributed by atoms with Crippen LogP contribution in [0, 0.1) is 29.2 Å². The number of hydrogen-bond acceptors (Lipinski definition) is 1. The molecule has 112 valence electrons. The fourth-order valence-electron chi connectivity index (χ4n) is 1.26. The molecular weight excluding hydrogens is 295 g/mol. The molecule has 1 aromatic rings. The predicted octanol–water partition coefficient (Wildman–Crippen LogP) is 3.86. The van der Waals surface area contributed by atoms with Crippen molar-refractivity contribution >= 4 is 11.6 Å². The lowest BCUT2D eigenvalue weighted by molar-refractivity contribution is -0.143. The SMILES string of the molecule is CC(C)C(=O)Nc1c(F)c(F)c(C(F)(F)F)c(F)c1F. The second-order valence-electron chi connectivity index (χ2n) is 4.15. The first-order chi connectivity index (χ1) is 8.98. The highest BCUT2D eigenvalue weighted by Gasteiger charge is 2.42. The van der Waals surface area contributed by atoms with E-state index in [4.69, 9.17) is 0 Å². The summed E-state index contributed by atoms with van der Waals surface area (Å²) in [7, 11) is 0. The van der Waals surface area contributed by atoms with Crippen molar-refractivity contribution < 1.29 is 35.5 Å². The molecule has 0 aliphatic heterocycles. The minimum absolute atomic E-state index is 0.804.